The van der Waals surface area contributed by atoms with Gasteiger partial charge in [0.15, 0.2) is 11.6 Å². The number of anilines is 1. The number of nitrogens with zero attached hydrogens (tertiary/aromatic N) is 1. The lowest BCUT2D eigenvalue weighted by Gasteiger charge is -2.22. The van der Waals surface area contributed by atoms with Crippen LogP contribution in [-0.2, 0) is 0 Å². The third-order valence-corrected chi connectivity index (χ3v) is 3.57. The molecule has 0 atom stereocenters. The van der Waals surface area contributed by atoms with Gasteiger partial charge >= 0.3 is 0 Å². The van der Waals surface area contributed by atoms with Crippen LogP contribution < -0.4 is 10.6 Å². The van der Waals surface area contributed by atoms with Crippen LogP contribution in [0.1, 0.15) is 25.8 Å². The van der Waals surface area contributed by atoms with Crippen molar-refractivity contribution >= 4 is 22.9 Å². The maximum atomic E-state index is 14.0. The maximum Gasteiger partial charge on any atom is 0.182 e. The second-order valence-corrected chi connectivity index (χ2v) is 5.90. The highest BCUT2D eigenvalue weighted by Crippen LogP contribution is 2.34. The summed E-state index contributed by atoms with van der Waals surface area (Å²) in [5.41, 5.74) is 5.72. The molecule has 2 N–H and O–H groups in total. The first-order valence-electron chi connectivity index (χ1n) is 5.84. The number of benzene rings is 1. The van der Waals surface area contributed by atoms with Crippen LogP contribution >= 0.6 is 12.2 Å². The van der Waals surface area contributed by atoms with Crippen molar-refractivity contribution < 1.29 is 8.78 Å². The Bertz CT molecular complexity index is 500. The van der Waals surface area contributed by atoms with Gasteiger partial charge in [0, 0.05) is 18.7 Å². The highest BCUT2D eigenvalue weighted by Gasteiger charge is 2.31. The number of thiocarbonyl (C=S) groups is 1. The van der Waals surface area contributed by atoms with Gasteiger partial charge in [0.25, 0.3) is 0 Å². The van der Waals surface area contributed by atoms with Crippen molar-refractivity contribution in [2.75, 3.05) is 18.0 Å². The van der Waals surface area contributed by atoms with E-state index in [4.69, 9.17) is 5.73 Å². The van der Waals surface area contributed by atoms with Crippen molar-refractivity contribution in [3.63, 3.8) is 0 Å². The van der Waals surface area contributed by atoms with Gasteiger partial charge < -0.3 is 10.6 Å². The van der Waals surface area contributed by atoms with Gasteiger partial charge in [-0.2, -0.15) is 0 Å². The van der Waals surface area contributed by atoms with Crippen molar-refractivity contribution in [1.29, 1.82) is 0 Å². The minimum atomic E-state index is -0.954. The molecule has 1 aromatic carbocycles. The standard InChI is InChI=1S/C13H16F2N2S/c1-13(2)5-6-17(7-13)9-4-3-8(12(16)18)10(14)11(9)15/h3-4H,5-7H2,1-2H3,(H2,16,18). The van der Waals surface area contributed by atoms with Crippen molar-refractivity contribution in [3.05, 3.63) is 29.3 Å². The van der Waals surface area contributed by atoms with E-state index in [1.54, 1.807) is 6.07 Å². The van der Waals surface area contributed by atoms with Crippen LogP contribution in [0.15, 0.2) is 12.1 Å². The number of rotatable bonds is 2. The smallest absolute Gasteiger partial charge is 0.182 e. The lowest BCUT2D eigenvalue weighted by atomic mass is 9.93. The van der Waals surface area contributed by atoms with Gasteiger partial charge in [-0.25, -0.2) is 8.78 Å². The van der Waals surface area contributed by atoms with Crippen LogP contribution in [0.2, 0.25) is 0 Å². The molecule has 1 fully saturated rings. The number of nitrogens with two attached hydrogens (primary N) is 1. The molecule has 2 rings (SSSR count). The maximum absolute atomic E-state index is 14.0. The molecule has 1 aliphatic heterocycles. The Morgan fingerprint density at radius 2 is 2.00 bits per heavy atom. The molecule has 0 radical (unpaired) electrons. The first kappa shape index (κ1) is 13.2. The molecule has 1 aliphatic rings. The van der Waals surface area contributed by atoms with Crippen molar-refractivity contribution in [2.45, 2.75) is 20.3 Å². The Morgan fingerprint density at radius 3 is 2.50 bits per heavy atom. The van der Waals surface area contributed by atoms with Crippen molar-refractivity contribution in [3.8, 4) is 0 Å². The minimum absolute atomic E-state index is 0.0373. The molecule has 2 nitrogen and oxygen atoms in total. The molecule has 0 spiro atoms. The predicted octanol–water partition coefficient (Wildman–Crippen LogP) is 2.84. The van der Waals surface area contributed by atoms with Crippen LogP contribution in [0.25, 0.3) is 0 Å². The highest BCUT2D eigenvalue weighted by atomic mass is 32.1. The normalized spacial score (nSPS) is 18.1. The van der Waals surface area contributed by atoms with Crippen molar-refractivity contribution in [1.82, 2.24) is 0 Å². The molecule has 1 heterocycles. The molecule has 5 heteroatoms. The zero-order valence-corrected chi connectivity index (χ0v) is 11.3. The van der Waals surface area contributed by atoms with Gasteiger partial charge in [-0.15, -0.1) is 0 Å². The Hall–Kier alpha value is -1.23. The fourth-order valence-corrected chi connectivity index (χ4v) is 2.45. The summed E-state index contributed by atoms with van der Waals surface area (Å²) in [6.45, 7) is 5.68. The van der Waals surface area contributed by atoms with E-state index in [9.17, 15) is 8.78 Å². The molecule has 0 amide bonds. The first-order chi connectivity index (χ1) is 8.32. The summed E-state index contributed by atoms with van der Waals surface area (Å²) in [5.74, 6) is -1.82. The quantitative estimate of drug-likeness (QED) is 0.838. The summed E-state index contributed by atoms with van der Waals surface area (Å²) in [6.07, 6.45) is 0.963. The van der Waals surface area contributed by atoms with E-state index in [1.807, 2.05) is 4.90 Å². The van der Waals surface area contributed by atoms with Gasteiger partial charge in [-0.05, 0) is 24.0 Å². The van der Waals surface area contributed by atoms with E-state index in [2.05, 4.69) is 26.1 Å². The average Bonchev–Trinajstić information content (AvgIpc) is 2.62. The SMILES string of the molecule is CC1(C)CCN(c2ccc(C(N)=S)c(F)c2F)C1. The highest BCUT2D eigenvalue weighted by molar-refractivity contribution is 7.80. The molecular weight excluding hydrogens is 254 g/mol. The second kappa shape index (κ2) is 4.46. The van der Waals surface area contributed by atoms with Gasteiger partial charge in [-0.1, -0.05) is 26.1 Å². The molecule has 98 valence electrons. The zero-order chi connectivity index (χ0) is 13.5. The van der Waals surface area contributed by atoms with Crippen LogP contribution in [0.4, 0.5) is 14.5 Å². The topological polar surface area (TPSA) is 29.3 Å². The lowest BCUT2D eigenvalue weighted by molar-refractivity contribution is 0.418. The van der Waals surface area contributed by atoms with Gasteiger partial charge in [0.05, 0.1) is 5.69 Å². The average molecular weight is 270 g/mol. The van der Waals surface area contributed by atoms with Crippen LogP contribution in [0, 0.1) is 17.0 Å². The minimum Gasteiger partial charge on any atom is -0.389 e. The summed E-state index contributed by atoms with van der Waals surface area (Å²) in [6, 6.07) is 3.00. The summed E-state index contributed by atoms with van der Waals surface area (Å²) in [5, 5.41) is 0. The van der Waals surface area contributed by atoms with Gasteiger partial charge in [-0.3, -0.25) is 0 Å². The van der Waals surface area contributed by atoms with E-state index in [0.29, 0.717) is 0 Å². The fourth-order valence-electron chi connectivity index (χ4n) is 2.29. The van der Waals surface area contributed by atoms with Crippen LogP contribution in [-0.4, -0.2) is 18.1 Å². The molecule has 1 saturated heterocycles. The van der Waals surface area contributed by atoms with Gasteiger partial charge in [0.1, 0.15) is 4.99 Å². The molecule has 1 aromatic rings. The Kier molecular flexibility index (Phi) is 3.27. The zero-order valence-electron chi connectivity index (χ0n) is 10.5. The van der Waals surface area contributed by atoms with Crippen molar-refractivity contribution in [2.24, 2.45) is 11.1 Å². The van der Waals surface area contributed by atoms with E-state index in [1.165, 1.54) is 6.07 Å². The summed E-state index contributed by atoms with van der Waals surface area (Å²) < 4.78 is 27.8. The summed E-state index contributed by atoms with van der Waals surface area (Å²) in [7, 11) is 0. The molecule has 0 bridgehead atoms. The van der Waals surface area contributed by atoms with E-state index in [0.717, 1.165) is 19.5 Å². The third-order valence-electron chi connectivity index (χ3n) is 3.35. The molecule has 0 saturated carbocycles. The molecule has 18 heavy (non-hydrogen) atoms. The number of halogens is 2. The third kappa shape index (κ3) is 2.32. The second-order valence-electron chi connectivity index (χ2n) is 5.46. The lowest BCUT2D eigenvalue weighted by Crippen LogP contribution is -2.24. The van der Waals surface area contributed by atoms with Gasteiger partial charge in [0.2, 0.25) is 0 Å². The van der Waals surface area contributed by atoms with Crippen LogP contribution in [0.3, 0.4) is 0 Å². The first-order valence-corrected chi connectivity index (χ1v) is 6.25. The summed E-state index contributed by atoms with van der Waals surface area (Å²) in [4.78, 5) is 1.74. The van der Waals surface area contributed by atoms with E-state index in [-0.39, 0.29) is 21.7 Å². The number of hydrogen-bond donors (Lipinski definition) is 1. The molecule has 0 aromatic heterocycles. The number of hydrogen-bond acceptors (Lipinski definition) is 2. The molecule has 0 aliphatic carbocycles. The Morgan fingerprint density at radius 1 is 1.33 bits per heavy atom. The monoisotopic (exact) mass is 270 g/mol. The van der Waals surface area contributed by atoms with E-state index >= 15 is 0 Å². The van der Waals surface area contributed by atoms with E-state index < -0.39 is 11.6 Å². The molecule has 0 unspecified atom stereocenters. The summed E-state index contributed by atoms with van der Waals surface area (Å²) >= 11 is 4.68. The molecular formula is C13H16F2N2S. The Balaban J connectivity index is 2.37. The Labute approximate surface area is 111 Å². The van der Waals surface area contributed by atoms with Crippen LogP contribution in [0.5, 0.6) is 0 Å². The predicted molar refractivity (Wildman–Crippen MR) is 72.9 cm³/mol. The largest absolute Gasteiger partial charge is 0.389 e. The fraction of sp³-hybridized carbons (Fsp3) is 0.462.